The third-order valence-corrected chi connectivity index (χ3v) is 4.49. The highest BCUT2D eigenvalue weighted by atomic mass is 16.5. The Labute approximate surface area is 132 Å². The Morgan fingerprint density at radius 2 is 1.64 bits per heavy atom. The molecule has 0 saturated heterocycles. The van der Waals surface area contributed by atoms with Gasteiger partial charge >= 0.3 is 0 Å². The van der Waals surface area contributed by atoms with Crippen molar-refractivity contribution in [3.63, 3.8) is 0 Å². The van der Waals surface area contributed by atoms with Crippen molar-refractivity contribution in [2.24, 2.45) is 0 Å². The van der Waals surface area contributed by atoms with Crippen molar-refractivity contribution in [2.75, 3.05) is 14.2 Å². The first-order valence-electron chi connectivity index (χ1n) is 7.76. The van der Waals surface area contributed by atoms with E-state index in [4.69, 9.17) is 9.47 Å². The van der Waals surface area contributed by atoms with Crippen LogP contribution in [-0.4, -0.2) is 14.2 Å². The van der Waals surface area contributed by atoms with E-state index in [1.165, 1.54) is 22.3 Å². The summed E-state index contributed by atoms with van der Waals surface area (Å²) < 4.78 is 10.6. The Balaban J connectivity index is 1.96. The van der Waals surface area contributed by atoms with E-state index in [2.05, 4.69) is 43.3 Å². The highest BCUT2D eigenvalue weighted by molar-refractivity contribution is 5.64. The first kappa shape index (κ1) is 14.7. The van der Waals surface area contributed by atoms with Crippen molar-refractivity contribution in [3.05, 3.63) is 64.7 Å². The summed E-state index contributed by atoms with van der Waals surface area (Å²) in [5.74, 6) is 2.29. The lowest BCUT2D eigenvalue weighted by atomic mass is 9.78. The van der Waals surface area contributed by atoms with Gasteiger partial charge in [0.2, 0.25) is 0 Å². The smallest absolute Gasteiger partial charge is 0.119 e. The highest BCUT2D eigenvalue weighted by Crippen LogP contribution is 2.38. The van der Waals surface area contributed by atoms with Gasteiger partial charge in [-0.25, -0.2) is 0 Å². The third-order valence-electron chi connectivity index (χ3n) is 4.49. The van der Waals surface area contributed by atoms with Crippen LogP contribution in [0.1, 0.15) is 36.0 Å². The van der Waals surface area contributed by atoms with Crippen LogP contribution in [0.4, 0.5) is 0 Å². The van der Waals surface area contributed by atoms with E-state index in [0.717, 1.165) is 24.3 Å². The van der Waals surface area contributed by atoms with E-state index in [-0.39, 0.29) is 0 Å². The second-order valence-corrected chi connectivity index (χ2v) is 5.67. The monoisotopic (exact) mass is 294 g/mol. The fraction of sp³-hybridized carbons (Fsp3) is 0.300. The zero-order chi connectivity index (χ0) is 15.5. The largest absolute Gasteiger partial charge is 0.497 e. The van der Waals surface area contributed by atoms with E-state index >= 15 is 0 Å². The SMILES string of the molecule is CCC1=Cc2cc(OC)ccc2CC1c1ccc(OC)cc1. The van der Waals surface area contributed by atoms with Gasteiger partial charge in [0.05, 0.1) is 14.2 Å². The molecule has 2 aromatic carbocycles. The summed E-state index contributed by atoms with van der Waals surface area (Å²) in [5, 5.41) is 0. The summed E-state index contributed by atoms with van der Waals surface area (Å²) in [6, 6.07) is 14.8. The van der Waals surface area contributed by atoms with Gasteiger partial charge in [0.1, 0.15) is 11.5 Å². The molecule has 0 radical (unpaired) electrons. The van der Waals surface area contributed by atoms with Crippen LogP contribution >= 0.6 is 0 Å². The standard InChI is InChI=1S/C20H22O2/c1-4-14-11-17-12-19(22-3)10-7-16(17)13-20(14)15-5-8-18(21-2)9-6-15/h5-12,20H,4,13H2,1-3H3. The molecular formula is C20H22O2. The first-order chi connectivity index (χ1) is 10.7. The van der Waals surface area contributed by atoms with Gasteiger partial charge < -0.3 is 9.47 Å². The summed E-state index contributed by atoms with van der Waals surface area (Å²) >= 11 is 0. The molecule has 0 amide bonds. The molecule has 0 fully saturated rings. The molecule has 1 atom stereocenters. The average Bonchev–Trinajstić information content (AvgIpc) is 2.60. The van der Waals surface area contributed by atoms with Gasteiger partial charge in [-0.15, -0.1) is 0 Å². The molecule has 22 heavy (non-hydrogen) atoms. The number of hydrogen-bond donors (Lipinski definition) is 0. The van der Waals surface area contributed by atoms with Gasteiger partial charge in [-0.3, -0.25) is 0 Å². The Bertz CT molecular complexity index is 683. The highest BCUT2D eigenvalue weighted by Gasteiger charge is 2.22. The fourth-order valence-corrected chi connectivity index (χ4v) is 3.19. The van der Waals surface area contributed by atoms with E-state index in [1.54, 1.807) is 14.2 Å². The molecule has 0 aromatic heterocycles. The maximum absolute atomic E-state index is 5.34. The van der Waals surface area contributed by atoms with E-state index in [9.17, 15) is 0 Å². The minimum Gasteiger partial charge on any atom is -0.497 e. The number of hydrogen-bond acceptors (Lipinski definition) is 2. The summed E-state index contributed by atoms with van der Waals surface area (Å²) in [6.45, 7) is 2.23. The van der Waals surface area contributed by atoms with Crippen molar-refractivity contribution in [2.45, 2.75) is 25.7 Å². The molecule has 1 unspecified atom stereocenters. The number of benzene rings is 2. The predicted octanol–water partition coefficient (Wildman–Crippen LogP) is 4.84. The van der Waals surface area contributed by atoms with Crippen LogP contribution in [-0.2, 0) is 6.42 Å². The molecule has 3 rings (SSSR count). The number of allylic oxidation sites excluding steroid dienone is 1. The van der Waals surface area contributed by atoms with Crippen LogP contribution in [0, 0.1) is 0 Å². The number of methoxy groups -OCH3 is 2. The Morgan fingerprint density at radius 1 is 0.955 bits per heavy atom. The fourth-order valence-electron chi connectivity index (χ4n) is 3.19. The molecule has 2 nitrogen and oxygen atoms in total. The lowest BCUT2D eigenvalue weighted by molar-refractivity contribution is 0.414. The zero-order valence-corrected chi connectivity index (χ0v) is 13.4. The minimum absolute atomic E-state index is 0.455. The molecule has 2 heteroatoms. The first-order valence-corrected chi connectivity index (χ1v) is 7.76. The molecule has 114 valence electrons. The van der Waals surface area contributed by atoms with Crippen molar-refractivity contribution in [3.8, 4) is 11.5 Å². The van der Waals surface area contributed by atoms with E-state index in [1.807, 2.05) is 12.1 Å². The van der Waals surface area contributed by atoms with Crippen LogP contribution in [0.5, 0.6) is 11.5 Å². The zero-order valence-electron chi connectivity index (χ0n) is 13.4. The van der Waals surface area contributed by atoms with Gasteiger partial charge in [0.15, 0.2) is 0 Å². The second kappa shape index (κ2) is 6.27. The molecule has 0 aliphatic heterocycles. The molecule has 0 spiro atoms. The van der Waals surface area contributed by atoms with Crippen molar-refractivity contribution < 1.29 is 9.47 Å². The van der Waals surface area contributed by atoms with Crippen molar-refractivity contribution in [1.82, 2.24) is 0 Å². The van der Waals surface area contributed by atoms with Crippen LogP contribution in [0.3, 0.4) is 0 Å². The molecule has 0 saturated carbocycles. The van der Waals surface area contributed by atoms with E-state index in [0.29, 0.717) is 5.92 Å². The van der Waals surface area contributed by atoms with Crippen LogP contribution in [0.25, 0.3) is 6.08 Å². The lowest BCUT2D eigenvalue weighted by Crippen LogP contribution is -2.11. The predicted molar refractivity (Wildman–Crippen MR) is 90.7 cm³/mol. The topological polar surface area (TPSA) is 18.5 Å². The van der Waals surface area contributed by atoms with Gasteiger partial charge in [-0.05, 0) is 53.8 Å². The molecular weight excluding hydrogens is 272 g/mol. The van der Waals surface area contributed by atoms with Gasteiger partial charge in [0.25, 0.3) is 0 Å². The molecule has 2 aromatic rings. The Morgan fingerprint density at radius 3 is 2.27 bits per heavy atom. The van der Waals surface area contributed by atoms with Crippen molar-refractivity contribution in [1.29, 1.82) is 0 Å². The maximum Gasteiger partial charge on any atom is 0.119 e. The van der Waals surface area contributed by atoms with E-state index < -0.39 is 0 Å². The van der Waals surface area contributed by atoms with Gasteiger partial charge in [0, 0.05) is 5.92 Å². The number of rotatable bonds is 4. The molecule has 0 bridgehead atoms. The Kier molecular flexibility index (Phi) is 4.19. The normalized spacial score (nSPS) is 16.7. The molecule has 0 heterocycles. The molecule has 0 N–H and O–H groups in total. The number of ether oxygens (including phenoxy) is 2. The summed E-state index contributed by atoms with van der Waals surface area (Å²) in [5.41, 5.74) is 5.51. The maximum atomic E-state index is 5.34. The Hall–Kier alpha value is -2.22. The van der Waals surface area contributed by atoms with Crippen LogP contribution in [0.2, 0.25) is 0 Å². The summed E-state index contributed by atoms with van der Waals surface area (Å²) in [6.07, 6.45) is 4.44. The van der Waals surface area contributed by atoms with Crippen LogP contribution in [0.15, 0.2) is 48.0 Å². The van der Waals surface area contributed by atoms with Gasteiger partial charge in [-0.2, -0.15) is 0 Å². The molecule has 1 aliphatic carbocycles. The molecule has 1 aliphatic rings. The average molecular weight is 294 g/mol. The van der Waals surface area contributed by atoms with Gasteiger partial charge in [-0.1, -0.05) is 36.8 Å². The third kappa shape index (κ3) is 2.74. The number of fused-ring (bicyclic) bond motifs is 1. The summed E-state index contributed by atoms with van der Waals surface area (Å²) in [7, 11) is 3.42. The van der Waals surface area contributed by atoms with Crippen molar-refractivity contribution >= 4 is 6.08 Å². The quantitative estimate of drug-likeness (QED) is 0.803. The second-order valence-electron chi connectivity index (χ2n) is 5.67. The lowest BCUT2D eigenvalue weighted by Gasteiger charge is -2.26. The van der Waals surface area contributed by atoms with Crippen LogP contribution < -0.4 is 9.47 Å². The minimum atomic E-state index is 0.455. The summed E-state index contributed by atoms with van der Waals surface area (Å²) in [4.78, 5) is 0.